The number of hydrogen-bond donors (Lipinski definition) is 1. The van der Waals surface area contributed by atoms with Gasteiger partial charge < -0.3 is 14.6 Å². The Balaban J connectivity index is 2.84. The predicted molar refractivity (Wildman–Crippen MR) is 79.4 cm³/mol. The summed E-state index contributed by atoms with van der Waals surface area (Å²) < 4.78 is 7.10. The van der Waals surface area contributed by atoms with Gasteiger partial charge in [0.2, 0.25) is 5.91 Å². The second kappa shape index (κ2) is 7.74. The number of methoxy groups -OCH3 is 1. The molecule has 1 heterocycles. The minimum Gasteiger partial charge on any atom is -0.462 e. The van der Waals surface area contributed by atoms with Gasteiger partial charge in [0.25, 0.3) is 0 Å². The van der Waals surface area contributed by atoms with Crippen molar-refractivity contribution in [2.45, 2.75) is 28.2 Å². The van der Waals surface area contributed by atoms with E-state index in [9.17, 15) is 19.2 Å². The number of β-lactam (4-membered cyclic amide) rings is 1. The lowest BCUT2D eigenvalue weighted by Gasteiger charge is -2.44. The molecule has 0 aromatic heterocycles. The largest absolute Gasteiger partial charge is 0.506 e. The molecule has 0 radical (unpaired) electrons. The summed E-state index contributed by atoms with van der Waals surface area (Å²) in [4.78, 5) is 46.0. The summed E-state index contributed by atoms with van der Waals surface area (Å²) in [5.74, 6) is -4.60. The third-order valence-corrected chi connectivity index (χ3v) is 4.04. The zero-order chi connectivity index (χ0) is 17.9. The number of imide groups is 1. The molecule has 1 unspecified atom stereocenters. The van der Waals surface area contributed by atoms with Crippen molar-refractivity contribution in [1.82, 2.24) is 4.90 Å². The van der Waals surface area contributed by atoms with Crippen LogP contribution in [0.5, 0.6) is 0 Å². The van der Waals surface area contributed by atoms with Crippen LogP contribution in [-0.4, -0.2) is 56.5 Å². The number of halogens is 4. The molecule has 2 amide bonds. The van der Waals surface area contributed by atoms with Gasteiger partial charge in [0, 0.05) is 0 Å². The summed E-state index contributed by atoms with van der Waals surface area (Å²) in [5.41, 5.74) is -1.28. The van der Waals surface area contributed by atoms with Gasteiger partial charge in [-0.3, -0.25) is 14.5 Å². The van der Waals surface area contributed by atoms with Crippen LogP contribution in [0, 0.1) is 5.92 Å². The Hall–Kier alpha value is -0.960. The Morgan fingerprint density at radius 3 is 2.30 bits per heavy atom. The first-order valence-corrected chi connectivity index (χ1v) is 7.62. The molecule has 130 valence electrons. The van der Waals surface area contributed by atoms with E-state index in [1.807, 2.05) is 0 Å². The maximum absolute atomic E-state index is 12.0. The lowest BCUT2D eigenvalue weighted by molar-refractivity contribution is -0.175. The van der Waals surface area contributed by atoms with Gasteiger partial charge in [-0.1, -0.05) is 46.4 Å². The fourth-order valence-electron chi connectivity index (χ4n) is 1.96. The molecule has 23 heavy (non-hydrogen) atoms. The molecule has 1 N–H and O–H groups in total. The third kappa shape index (κ3) is 5.00. The van der Waals surface area contributed by atoms with E-state index in [1.165, 1.54) is 0 Å². The quantitative estimate of drug-likeness (QED) is 0.248. The molecule has 1 aliphatic rings. The van der Waals surface area contributed by atoms with E-state index in [2.05, 4.69) is 9.47 Å². The number of hydrogen-bond acceptors (Lipinski definition) is 6. The van der Waals surface area contributed by atoms with E-state index in [4.69, 9.17) is 51.5 Å². The van der Waals surface area contributed by atoms with Crippen LogP contribution in [0.3, 0.4) is 0 Å². The zero-order valence-corrected chi connectivity index (χ0v) is 14.5. The number of rotatable bonds is 4. The molecule has 12 heteroatoms. The zero-order valence-electron chi connectivity index (χ0n) is 11.5. The number of likely N-dealkylation sites (tertiary alicyclic amines) is 1. The number of esters is 1. The minimum atomic E-state index is -1.68. The molecule has 1 rings (SSSR count). The molecule has 0 aromatic rings. The number of carbonyl (C=O) groups is 4. The first-order chi connectivity index (χ1) is 10.5. The van der Waals surface area contributed by atoms with Crippen LogP contribution in [0.1, 0.15) is 12.8 Å². The van der Waals surface area contributed by atoms with Crippen molar-refractivity contribution < 1.29 is 33.8 Å². The van der Waals surface area contributed by atoms with Crippen molar-refractivity contribution in [3.63, 3.8) is 0 Å². The smallest absolute Gasteiger partial charge is 0.462 e. The number of alkyl halides is 4. The van der Waals surface area contributed by atoms with Gasteiger partial charge in [-0.15, -0.1) is 0 Å². The van der Waals surface area contributed by atoms with E-state index in [0.29, 0.717) is 4.90 Å². The lowest BCUT2D eigenvalue weighted by atomic mass is 9.89. The van der Waals surface area contributed by atoms with Crippen LogP contribution >= 0.6 is 46.4 Å². The molecule has 1 fully saturated rings. The summed E-state index contributed by atoms with van der Waals surface area (Å²) in [6.07, 6.45) is -3.13. The molecule has 0 saturated carbocycles. The van der Waals surface area contributed by atoms with Gasteiger partial charge in [0.1, 0.15) is 17.5 Å². The molecule has 3 atom stereocenters. The lowest BCUT2D eigenvalue weighted by Crippen LogP contribution is -2.66. The van der Waals surface area contributed by atoms with Crippen LogP contribution in [-0.2, 0) is 23.9 Å². The van der Waals surface area contributed by atoms with E-state index in [1.54, 1.807) is 0 Å². The molecule has 0 bridgehead atoms. The second-order valence-electron chi connectivity index (χ2n) is 4.48. The summed E-state index contributed by atoms with van der Waals surface area (Å²) >= 11 is 22.6. The fourth-order valence-corrected chi connectivity index (χ4v) is 2.74. The Bertz CT molecular complexity index is 521. The number of carbonyl (C=O) groups excluding carboxylic acids is 3. The molecular formula is C11H11Cl4NO7. The van der Waals surface area contributed by atoms with Gasteiger partial charge in [0.05, 0.1) is 7.11 Å². The van der Waals surface area contributed by atoms with Crippen LogP contribution in [0.4, 0.5) is 4.79 Å². The van der Waals surface area contributed by atoms with Crippen molar-refractivity contribution in [3.8, 4) is 0 Å². The molecule has 0 aromatic carbocycles. The Morgan fingerprint density at radius 1 is 1.35 bits per heavy atom. The van der Waals surface area contributed by atoms with E-state index >= 15 is 0 Å². The van der Waals surface area contributed by atoms with Crippen LogP contribution in [0.15, 0.2) is 0 Å². The standard InChI is InChI=1S/C11H11Cl4NO7/c1-22-9(19)8(18)16-6(12)5(7(16)17)4(23-10(20)21)2-3-11(13,14)15/h4-6H,2-3H2,1H3,(H,20,21)/t4?,5-,6-/m0/s1. The number of amides is 2. The molecule has 0 spiro atoms. The predicted octanol–water partition coefficient (Wildman–Crippen LogP) is 1.92. The van der Waals surface area contributed by atoms with Crippen LogP contribution < -0.4 is 0 Å². The van der Waals surface area contributed by atoms with E-state index < -0.39 is 45.3 Å². The topological polar surface area (TPSA) is 110 Å². The molecule has 1 aliphatic heterocycles. The van der Waals surface area contributed by atoms with E-state index in [0.717, 1.165) is 7.11 Å². The minimum absolute atomic E-state index is 0.117. The average molecular weight is 411 g/mol. The SMILES string of the molecule is COC(=O)C(=O)N1C(=O)[C@@H](C(CCC(Cl)(Cl)Cl)OC(=O)O)[C@H]1Cl. The van der Waals surface area contributed by atoms with Crippen molar-refractivity contribution >= 4 is 70.3 Å². The highest BCUT2D eigenvalue weighted by molar-refractivity contribution is 6.67. The van der Waals surface area contributed by atoms with Gasteiger partial charge in [0.15, 0.2) is 3.79 Å². The third-order valence-electron chi connectivity index (χ3n) is 3.01. The van der Waals surface area contributed by atoms with Gasteiger partial charge in [-0.25, -0.2) is 9.59 Å². The van der Waals surface area contributed by atoms with Crippen molar-refractivity contribution in [3.05, 3.63) is 0 Å². The highest BCUT2D eigenvalue weighted by Gasteiger charge is 2.56. The highest BCUT2D eigenvalue weighted by atomic mass is 35.6. The van der Waals surface area contributed by atoms with Crippen LogP contribution in [0.25, 0.3) is 0 Å². The Labute approximate surface area is 150 Å². The van der Waals surface area contributed by atoms with Gasteiger partial charge >= 0.3 is 18.0 Å². The molecule has 8 nitrogen and oxygen atoms in total. The Morgan fingerprint density at radius 2 is 1.91 bits per heavy atom. The highest BCUT2D eigenvalue weighted by Crippen LogP contribution is 2.39. The normalized spacial score (nSPS) is 22.1. The summed E-state index contributed by atoms with van der Waals surface area (Å²) in [5, 5.41) is 8.73. The van der Waals surface area contributed by atoms with Crippen LogP contribution in [0.2, 0.25) is 0 Å². The summed E-state index contributed by atoms with van der Waals surface area (Å²) in [6.45, 7) is 0. The molecular weight excluding hydrogens is 400 g/mol. The van der Waals surface area contributed by atoms with Gasteiger partial charge in [-0.2, -0.15) is 0 Å². The molecule has 0 aliphatic carbocycles. The van der Waals surface area contributed by atoms with Gasteiger partial charge in [-0.05, 0) is 12.8 Å². The Kier molecular flexibility index (Phi) is 6.76. The fraction of sp³-hybridized carbons (Fsp3) is 0.636. The van der Waals surface area contributed by atoms with E-state index in [-0.39, 0.29) is 12.8 Å². The number of nitrogens with zero attached hydrogens (tertiary/aromatic N) is 1. The maximum Gasteiger partial charge on any atom is 0.506 e. The summed E-state index contributed by atoms with van der Waals surface area (Å²) in [7, 11) is 0.961. The first-order valence-electron chi connectivity index (χ1n) is 6.05. The number of carboxylic acid groups (broad SMARTS) is 1. The second-order valence-corrected chi connectivity index (χ2v) is 7.44. The number of ether oxygens (including phenoxy) is 2. The average Bonchev–Trinajstić information content (AvgIpc) is 2.42. The van der Waals surface area contributed by atoms with Crippen molar-refractivity contribution in [2.75, 3.05) is 7.11 Å². The maximum atomic E-state index is 12.0. The van der Waals surface area contributed by atoms with Crippen molar-refractivity contribution in [2.24, 2.45) is 5.92 Å². The summed E-state index contributed by atoms with van der Waals surface area (Å²) in [6, 6.07) is 0. The molecule has 1 saturated heterocycles. The monoisotopic (exact) mass is 409 g/mol. The first kappa shape index (κ1) is 20.1. The van der Waals surface area contributed by atoms with Crippen molar-refractivity contribution in [1.29, 1.82) is 0 Å².